The van der Waals surface area contributed by atoms with E-state index in [4.69, 9.17) is 9.40 Å². The Labute approximate surface area is 168 Å². The topological polar surface area (TPSA) is 46.3 Å². The summed E-state index contributed by atoms with van der Waals surface area (Å²) in [4.78, 5) is 19.7. The zero-order chi connectivity index (χ0) is 19.7. The summed E-state index contributed by atoms with van der Waals surface area (Å²) in [5.41, 5.74) is 5.52. The van der Waals surface area contributed by atoms with Crippen LogP contribution < -0.4 is 4.90 Å². The van der Waals surface area contributed by atoms with Crippen LogP contribution in [0, 0.1) is 20.8 Å². The molecule has 2 heterocycles. The maximum atomic E-state index is 13.2. The van der Waals surface area contributed by atoms with Gasteiger partial charge in [-0.05, 0) is 67.3 Å². The number of rotatable bonds is 5. The minimum Gasteiger partial charge on any atom is -0.467 e. The van der Waals surface area contributed by atoms with E-state index in [1.807, 2.05) is 30.3 Å². The van der Waals surface area contributed by atoms with Gasteiger partial charge in [-0.25, -0.2) is 4.98 Å². The number of amides is 1. The molecule has 28 heavy (non-hydrogen) atoms. The Bertz CT molecular complexity index is 1130. The molecular formula is C23H22N2O2S. The number of carbonyl (C=O) groups is 1. The summed E-state index contributed by atoms with van der Waals surface area (Å²) in [6.45, 7) is 6.58. The molecule has 0 radical (unpaired) electrons. The van der Waals surface area contributed by atoms with Crippen LogP contribution in [0.25, 0.3) is 10.2 Å². The fourth-order valence-corrected chi connectivity index (χ4v) is 4.22. The smallest absolute Gasteiger partial charge is 0.233 e. The van der Waals surface area contributed by atoms with Gasteiger partial charge in [0.15, 0.2) is 5.13 Å². The normalized spacial score (nSPS) is 11.1. The van der Waals surface area contributed by atoms with Crippen molar-refractivity contribution in [2.75, 3.05) is 4.90 Å². The second-order valence-corrected chi connectivity index (χ2v) is 8.13. The standard InChI is InChI=1S/C23H22N2O2S/c1-15-6-9-20-21(11-15)28-23(24-20)25(14-19-5-4-10-27-19)22(26)13-18-8-7-16(2)17(3)12-18/h4-12H,13-14H2,1-3H3. The Hall–Kier alpha value is -2.92. The van der Waals surface area contributed by atoms with E-state index in [9.17, 15) is 4.79 Å². The lowest BCUT2D eigenvalue weighted by atomic mass is 10.0. The number of aromatic nitrogens is 1. The Morgan fingerprint density at radius 3 is 2.68 bits per heavy atom. The van der Waals surface area contributed by atoms with E-state index in [2.05, 4.69) is 39.0 Å². The molecule has 4 rings (SSSR count). The Kier molecular flexibility index (Phi) is 5.01. The molecule has 1 amide bonds. The number of thiazole rings is 1. The third kappa shape index (κ3) is 3.85. The predicted molar refractivity (Wildman–Crippen MR) is 114 cm³/mol. The number of aryl methyl sites for hydroxylation is 3. The van der Waals surface area contributed by atoms with Gasteiger partial charge in [0.05, 0.1) is 29.4 Å². The van der Waals surface area contributed by atoms with Gasteiger partial charge in [0.2, 0.25) is 5.91 Å². The number of hydrogen-bond donors (Lipinski definition) is 0. The lowest BCUT2D eigenvalue weighted by Gasteiger charge is -2.19. The van der Waals surface area contributed by atoms with Crippen LogP contribution in [0.3, 0.4) is 0 Å². The van der Waals surface area contributed by atoms with E-state index in [0.717, 1.165) is 21.5 Å². The van der Waals surface area contributed by atoms with Gasteiger partial charge in [-0.3, -0.25) is 9.69 Å². The summed E-state index contributed by atoms with van der Waals surface area (Å²) in [5.74, 6) is 0.749. The average Bonchev–Trinajstić information content (AvgIpc) is 3.31. The number of anilines is 1. The maximum Gasteiger partial charge on any atom is 0.233 e. The van der Waals surface area contributed by atoms with Crippen LogP contribution >= 0.6 is 11.3 Å². The molecule has 4 nitrogen and oxygen atoms in total. The van der Waals surface area contributed by atoms with Gasteiger partial charge >= 0.3 is 0 Å². The van der Waals surface area contributed by atoms with Gasteiger partial charge in [-0.15, -0.1) is 0 Å². The number of carbonyl (C=O) groups excluding carboxylic acids is 1. The van der Waals surface area contributed by atoms with Crippen LogP contribution in [0.15, 0.2) is 59.2 Å². The van der Waals surface area contributed by atoms with Gasteiger partial charge in [0.25, 0.3) is 0 Å². The van der Waals surface area contributed by atoms with Gasteiger partial charge in [-0.1, -0.05) is 35.6 Å². The molecule has 142 valence electrons. The van der Waals surface area contributed by atoms with Crippen molar-refractivity contribution in [3.8, 4) is 0 Å². The fourth-order valence-electron chi connectivity index (χ4n) is 3.14. The van der Waals surface area contributed by atoms with Crippen molar-refractivity contribution in [3.05, 3.63) is 82.8 Å². The van der Waals surface area contributed by atoms with E-state index in [1.165, 1.54) is 28.0 Å². The molecule has 0 aliphatic heterocycles. The van der Waals surface area contributed by atoms with Crippen molar-refractivity contribution in [1.82, 2.24) is 4.98 Å². The van der Waals surface area contributed by atoms with Crippen LogP contribution in [-0.2, 0) is 17.8 Å². The summed E-state index contributed by atoms with van der Waals surface area (Å²) in [5, 5.41) is 0.700. The second-order valence-electron chi connectivity index (χ2n) is 7.12. The minimum absolute atomic E-state index is 0.00966. The molecule has 5 heteroatoms. The highest BCUT2D eigenvalue weighted by atomic mass is 32.1. The molecule has 0 aliphatic rings. The van der Waals surface area contributed by atoms with Crippen molar-refractivity contribution >= 4 is 32.6 Å². The van der Waals surface area contributed by atoms with Crippen LogP contribution in [0.1, 0.15) is 28.0 Å². The third-order valence-electron chi connectivity index (χ3n) is 4.89. The van der Waals surface area contributed by atoms with Gasteiger partial charge in [0.1, 0.15) is 5.76 Å². The Morgan fingerprint density at radius 1 is 1.07 bits per heavy atom. The SMILES string of the molecule is Cc1ccc2nc(N(Cc3ccco3)C(=O)Cc3ccc(C)c(C)c3)sc2c1. The summed E-state index contributed by atoms with van der Waals surface area (Å²) in [7, 11) is 0. The van der Waals surface area contributed by atoms with Crippen molar-refractivity contribution in [1.29, 1.82) is 0 Å². The fraction of sp³-hybridized carbons (Fsp3) is 0.217. The molecule has 2 aromatic heterocycles. The molecule has 0 unspecified atom stereocenters. The molecule has 0 N–H and O–H groups in total. The zero-order valence-electron chi connectivity index (χ0n) is 16.2. The molecule has 0 bridgehead atoms. The Balaban J connectivity index is 1.67. The number of furan rings is 1. The van der Waals surface area contributed by atoms with Crippen molar-refractivity contribution < 1.29 is 9.21 Å². The molecule has 4 aromatic rings. The first-order chi connectivity index (χ1) is 13.5. The lowest BCUT2D eigenvalue weighted by Crippen LogP contribution is -2.31. The van der Waals surface area contributed by atoms with E-state index < -0.39 is 0 Å². The molecule has 0 atom stereocenters. The van der Waals surface area contributed by atoms with E-state index in [0.29, 0.717) is 18.1 Å². The molecule has 2 aromatic carbocycles. The van der Waals surface area contributed by atoms with Crippen molar-refractivity contribution in [3.63, 3.8) is 0 Å². The summed E-state index contributed by atoms with van der Waals surface area (Å²) < 4.78 is 6.58. The first-order valence-corrected chi connectivity index (χ1v) is 10.1. The Morgan fingerprint density at radius 2 is 1.93 bits per heavy atom. The summed E-state index contributed by atoms with van der Waals surface area (Å²) >= 11 is 1.54. The molecular weight excluding hydrogens is 368 g/mol. The maximum absolute atomic E-state index is 13.2. The second kappa shape index (κ2) is 7.60. The highest BCUT2D eigenvalue weighted by Gasteiger charge is 2.21. The highest BCUT2D eigenvalue weighted by Crippen LogP contribution is 2.31. The quantitative estimate of drug-likeness (QED) is 0.446. The van der Waals surface area contributed by atoms with Crippen LogP contribution in [0.2, 0.25) is 0 Å². The number of fused-ring (bicyclic) bond motifs is 1. The van der Waals surface area contributed by atoms with E-state index in [1.54, 1.807) is 11.2 Å². The molecule has 0 fully saturated rings. The van der Waals surface area contributed by atoms with Crippen molar-refractivity contribution in [2.24, 2.45) is 0 Å². The minimum atomic E-state index is 0.00966. The van der Waals surface area contributed by atoms with Crippen LogP contribution in [0.4, 0.5) is 5.13 Å². The lowest BCUT2D eigenvalue weighted by molar-refractivity contribution is -0.118. The van der Waals surface area contributed by atoms with Crippen LogP contribution in [-0.4, -0.2) is 10.9 Å². The number of benzene rings is 2. The van der Waals surface area contributed by atoms with Gasteiger partial charge in [-0.2, -0.15) is 0 Å². The molecule has 0 saturated carbocycles. The molecule has 0 spiro atoms. The number of nitrogens with zero attached hydrogens (tertiary/aromatic N) is 2. The van der Waals surface area contributed by atoms with Crippen LogP contribution in [0.5, 0.6) is 0 Å². The summed E-state index contributed by atoms with van der Waals surface area (Å²) in [6.07, 6.45) is 1.96. The predicted octanol–water partition coefficient (Wildman–Crippen LogP) is 5.59. The molecule has 0 saturated heterocycles. The largest absolute Gasteiger partial charge is 0.467 e. The monoisotopic (exact) mass is 390 g/mol. The third-order valence-corrected chi connectivity index (χ3v) is 5.93. The first-order valence-electron chi connectivity index (χ1n) is 9.25. The average molecular weight is 391 g/mol. The van der Waals surface area contributed by atoms with E-state index >= 15 is 0 Å². The van der Waals surface area contributed by atoms with Gasteiger partial charge < -0.3 is 4.42 Å². The number of hydrogen-bond acceptors (Lipinski definition) is 4. The summed E-state index contributed by atoms with van der Waals surface area (Å²) in [6, 6.07) is 16.0. The zero-order valence-corrected chi connectivity index (χ0v) is 17.0. The highest BCUT2D eigenvalue weighted by molar-refractivity contribution is 7.22. The molecule has 0 aliphatic carbocycles. The van der Waals surface area contributed by atoms with E-state index in [-0.39, 0.29) is 5.91 Å². The van der Waals surface area contributed by atoms with Crippen molar-refractivity contribution in [2.45, 2.75) is 33.7 Å². The first kappa shape index (κ1) is 18.4. The van der Waals surface area contributed by atoms with Gasteiger partial charge in [0, 0.05) is 0 Å².